The van der Waals surface area contributed by atoms with Crippen molar-refractivity contribution in [1.82, 2.24) is 14.6 Å². The predicted octanol–water partition coefficient (Wildman–Crippen LogP) is 0.665. The number of fused-ring (bicyclic) bond motifs is 1. The first-order valence-electron chi connectivity index (χ1n) is 4.19. The molecule has 0 aliphatic rings. The van der Waals surface area contributed by atoms with Crippen LogP contribution in [0.1, 0.15) is 11.4 Å². The molecule has 72 valence electrons. The molecular weight excluding hydrogens is 182 g/mol. The van der Waals surface area contributed by atoms with Crippen LogP contribution in [0, 0.1) is 6.92 Å². The van der Waals surface area contributed by atoms with Crippen LogP contribution in [0.15, 0.2) is 18.3 Å². The summed E-state index contributed by atoms with van der Waals surface area (Å²) in [6, 6.07) is 3.72. The minimum atomic E-state index is -0.919. The minimum Gasteiger partial charge on any atom is -0.481 e. The number of hydrogen-bond acceptors (Lipinski definition) is 3. The molecule has 0 spiro atoms. The maximum Gasteiger partial charge on any atom is 0.311 e. The molecule has 0 bridgehead atoms. The summed E-state index contributed by atoms with van der Waals surface area (Å²) in [6.45, 7) is 1.94. The van der Waals surface area contributed by atoms with Crippen LogP contribution in [0.25, 0.3) is 5.65 Å². The molecule has 2 rings (SSSR count). The fourth-order valence-electron chi connectivity index (χ4n) is 1.24. The van der Waals surface area contributed by atoms with E-state index in [1.807, 2.05) is 25.3 Å². The number of aliphatic carboxylic acids is 1. The zero-order valence-corrected chi connectivity index (χ0v) is 7.64. The second-order valence-corrected chi connectivity index (χ2v) is 3.11. The van der Waals surface area contributed by atoms with Gasteiger partial charge in [-0.05, 0) is 18.6 Å². The Labute approximate surface area is 80.0 Å². The van der Waals surface area contributed by atoms with E-state index in [9.17, 15) is 4.79 Å². The summed E-state index contributed by atoms with van der Waals surface area (Å²) in [5.74, 6) is -0.583. The summed E-state index contributed by atoms with van der Waals surface area (Å²) in [6.07, 6.45) is 1.68. The summed E-state index contributed by atoms with van der Waals surface area (Å²) < 4.78 is 1.59. The number of aromatic nitrogens is 3. The van der Waals surface area contributed by atoms with Gasteiger partial charge < -0.3 is 5.11 Å². The van der Waals surface area contributed by atoms with Gasteiger partial charge in [-0.15, -0.1) is 0 Å². The molecule has 0 aliphatic carbocycles. The maximum absolute atomic E-state index is 10.4. The van der Waals surface area contributed by atoms with E-state index in [-0.39, 0.29) is 6.42 Å². The smallest absolute Gasteiger partial charge is 0.311 e. The van der Waals surface area contributed by atoms with E-state index < -0.39 is 5.97 Å². The second kappa shape index (κ2) is 3.10. The first-order chi connectivity index (χ1) is 6.65. The van der Waals surface area contributed by atoms with Crippen molar-refractivity contribution in [3.63, 3.8) is 0 Å². The van der Waals surface area contributed by atoms with Crippen LogP contribution in [0.5, 0.6) is 0 Å². The quantitative estimate of drug-likeness (QED) is 0.757. The van der Waals surface area contributed by atoms with Gasteiger partial charge in [0.15, 0.2) is 11.5 Å². The lowest BCUT2D eigenvalue weighted by Crippen LogP contribution is -2.01. The zero-order valence-electron chi connectivity index (χ0n) is 7.64. The Balaban J connectivity index is 2.46. The van der Waals surface area contributed by atoms with E-state index in [1.165, 1.54) is 0 Å². The summed E-state index contributed by atoms with van der Waals surface area (Å²) in [5, 5.41) is 12.6. The molecule has 0 saturated heterocycles. The van der Waals surface area contributed by atoms with Crippen molar-refractivity contribution < 1.29 is 9.90 Å². The number of hydrogen-bond donors (Lipinski definition) is 1. The largest absolute Gasteiger partial charge is 0.481 e. The van der Waals surface area contributed by atoms with Gasteiger partial charge in [0.05, 0.1) is 0 Å². The van der Waals surface area contributed by atoms with Gasteiger partial charge in [0.25, 0.3) is 0 Å². The molecule has 1 N–H and O–H groups in total. The van der Waals surface area contributed by atoms with Crippen molar-refractivity contribution in [3.8, 4) is 0 Å². The van der Waals surface area contributed by atoms with Crippen molar-refractivity contribution >= 4 is 11.6 Å². The molecule has 0 aliphatic heterocycles. The van der Waals surface area contributed by atoms with E-state index in [0.29, 0.717) is 11.5 Å². The molecule has 0 amide bonds. The number of aryl methyl sites for hydroxylation is 1. The van der Waals surface area contributed by atoms with Crippen molar-refractivity contribution in [1.29, 1.82) is 0 Å². The summed E-state index contributed by atoms with van der Waals surface area (Å²) in [4.78, 5) is 14.5. The third-order valence-corrected chi connectivity index (χ3v) is 1.83. The van der Waals surface area contributed by atoms with Gasteiger partial charge >= 0.3 is 5.97 Å². The summed E-state index contributed by atoms with van der Waals surface area (Å²) in [7, 11) is 0. The maximum atomic E-state index is 10.4. The van der Waals surface area contributed by atoms with Gasteiger partial charge in [0.1, 0.15) is 6.42 Å². The van der Waals surface area contributed by atoms with Crippen LogP contribution in [0.4, 0.5) is 0 Å². The van der Waals surface area contributed by atoms with Crippen molar-refractivity contribution in [2.24, 2.45) is 0 Å². The van der Waals surface area contributed by atoms with E-state index in [1.54, 1.807) is 4.52 Å². The van der Waals surface area contributed by atoms with Crippen molar-refractivity contribution in [2.75, 3.05) is 0 Å². The van der Waals surface area contributed by atoms with Crippen LogP contribution in [0.2, 0.25) is 0 Å². The first kappa shape index (κ1) is 8.68. The number of carboxylic acid groups (broad SMARTS) is 1. The number of pyridine rings is 1. The molecule has 0 fully saturated rings. The first-order valence-corrected chi connectivity index (χ1v) is 4.19. The highest BCUT2D eigenvalue weighted by Crippen LogP contribution is 2.04. The van der Waals surface area contributed by atoms with Crippen LogP contribution in [-0.4, -0.2) is 25.7 Å². The lowest BCUT2D eigenvalue weighted by molar-refractivity contribution is -0.136. The van der Waals surface area contributed by atoms with Crippen LogP contribution in [0.3, 0.4) is 0 Å². The molecule has 0 aromatic carbocycles. The standard InChI is InChI=1S/C9H9N3O2/c1-6-2-3-8-10-7(4-9(13)14)11-12(8)5-6/h2-3,5H,4H2,1H3,(H,13,14). The van der Waals surface area contributed by atoms with Crippen LogP contribution in [-0.2, 0) is 11.2 Å². The monoisotopic (exact) mass is 191 g/mol. The van der Waals surface area contributed by atoms with E-state index in [4.69, 9.17) is 5.11 Å². The number of carboxylic acids is 1. The third-order valence-electron chi connectivity index (χ3n) is 1.83. The molecule has 2 aromatic heterocycles. The average molecular weight is 191 g/mol. The van der Waals surface area contributed by atoms with E-state index >= 15 is 0 Å². The van der Waals surface area contributed by atoms with Crippen molar-refractivity contribution in [2.45, 2.75) is 13.3 Å². The Kier molecular flexibility index (Phi) is 1.92. The number of rotatable bonds is 2. The highest BCUT2D eigenvalue weighted by molar-refractivity contribution is 5.69. The number of nitrogens with zero attached hydrogens (tertiary/aromatic N) is 3. The van der Waals surface area contributed by atoms with Gasteiger partial charge in [-0.25, -0.2) is 9.50 Å². The average Bonchev–Trinajstić information content (AvgIpc) is 2.44. The molecule has 0 saturated carbocycles. The van der Waals surface area contributed by atoms with E-state index in [2.05, 4.69) is 10.1 Å². The Morgan fingerprint density at radius 1 is 1.57 bits per heavy atom. The predicted molar refractivity (Wildman–Crippen MR) is 49.1 cm³/mol. The minimum absolute atomic E-state index is 0.138. The molecule has 2 heterocycles. The molecule has 0 unspecified atom stereocenters. The Hall–Kier alpha value is -1.91. The van der Waals surface area contributed by atoms with Gasteiger partial charge in [0, 0.05) is 6.20 Å². The lowest BCUT2D eigenvalue weighted by atomic mass is 10.3. The SMILES string of the molecule is Cc1ccc2nc(CC(=O)O)nn2c1. The molecule has 5 nitrogen and oxygen atoms in total. The van der Waals surface area contributed by atoms with Crippen LogP contribution < -0.4 is 0 Å². The molecular formula is C9H9N3O2. The summed E-state index contributed by atoms with van der Waals surface area (Å²) in [5.41, 5.74) is 1.73. The fraction of sp³-hybridized carbons (Fsp3) is 0.222. The second-order valence-electron chi connectivity index (χ2n) is 3.11. The fourth-order valence-corrected chi connectivity index (χ4v) is 1.24. The molecule has 0 radical (unpaired) electrons. The highest BCUT2D eigenvalue weighted by Gasteiger charge is 2.07. The van der Waals surface area contributed by atoms with Crippen LogP contribution >= 0.6 is 0 Å². The topological polar surface area (TPSA) is 67.5 Å². The lowest BCUT2D eigenvalue weighted by Gasteiger charge is -1.91. The van der Waals surface area contributed by atoms with Gasteiger partial charge in [-0.3, -0.25) is 4.79 Å². The zero-order chi connectivity index (χ0) is 10.1. The van der Waals surface area contributed by atoms with Gasteiger partial charge in [0.2, 0.25) is 0 Å². The molecule has 2 aromatic rings. The Morgan fingerprint density at radius 2 is 2.36 bits per heavy atom. The Bertz CT molecular complexity index is 490. The molecule has 0 atom stereocenters. The third kappa shape index (κ3) is 1.56. The van der Waals surface area contributed by atoms with Crippen molar-refractivity contribution in [3.05, 3.63) is 29.7 Å². The molecule has 5 heteroatoms. The van der Waals surface area contributed by atoms with Gasteiger partial charge in [-0.2, -0.15) is 5.10 Å². The highest BCUT2D eigenvalue weighted by atomic mass is 16.4. The van der Waals surface area contributed by atoms with E-state index in [0.717, 1.165) is 5.56 Å². The number of carbonyl (C=O) groups is 1. The Morgan fingerprint density at radius 3 is 3.07 bits per heavy atom. The van der Waals surface area contributed by atoms with Gasteiger partial charge in [-0.1, -0.05) is 6.07 Å². The molecule has 14 heavy (non-hydrogen) atoms. The normalized spacial score (nSPS) is 10.6. The summed E-state index contributed by atoms with van der Waals surface area (Å²) >= 11 is 0.